The Morgan fingerprint density at radius 1 is 1.35 bits per heavy atom. The van der Waals surface area contributed by atoms with E-state index in [0.717, 1.165) is 27.6 Å². The third-order valence-electron chi connectivity index (χ3n) is 4.73. The molecular formula is C15H23N3S2. The number of thiocarbonyl (C=S) groups is 1. The van der Waals surface area contributed by atoms with Gasteiger partial charge in [-0.2, -0.15) is 0 Å². The van der Waals surface area contributed by atoms with Crippen molar-refractivity contribution in [3.05, 3.63) is 15.6 Å². The molecule has 0 radical (unpaired) electrons. The normalized spacial score (nSPS) is 29.4. The van der Waals surface area contributed by atoms with Gasteiger partial charge in [0.2, 0.25) is 0 Å². The van der Waals surface area contributed by atoms with E-state index in [9.17, 15) is 0 Å². The summed E-state index contributed by atoms with van der Waals surface area (Å²) < 4.78 is 0. The standard InChI is InChI=1S/C15H23N3S2/c1-8-14(20-10(3)16-8)9(2)17-15(19)18-13-7-11-4-5-12(13)6-11/h9,11-13H,4-7H2,1-3H3,(H2,17,18,19). The highest BCUT2D eigenvalue weighted by atomic mass is 32.1. The lowest BCUT2D eigenvalue weighted by Crippen LogP contribution is -2.44. The quantitative estimate of drug-likeness (QED) is 0.838. The van der Waals surface area contributed by atoms with E-state index in [1.165, 1.54) is 30.6 Å². The van der Waals surface area contributed by atoms with Gasteiger partial charge in [0.05, 0.1) is 16.7 Å². The summed E-state index contributed by atoms with van der Waals surface area (Å²) in [6, 6.07) is 0.838. The predicted octanol–water partition coefficient (Wildman–Crippen LogP) is 3.47. The van der Waals surface area contributed by atoms with E-state index in [0.29, 0.717) is 6.04 Å². The Balaban J connectivity index is 1.55. The van der Waals surface area contributed by atoms with Crippen LogP contribution in [0.2, 0.25) is 0 Å². The maximum absolute atomic E-state index is 5.49. The predicted molar refractivity (Wildman–Crippen MR) is 88.1 cm³/mol. The SMILES string of the molecule is Cc1nc(C)c(C(C)NC(=S)NC2CC3CCC2C3)s1. The second-order valence-corrected chi connectivity index (χ2v) is 7.95. The lowest BCUT2D eigenvalue weighted by molar-refractivity contribution is 0.388. The van der Waals surface area contributed by atoms with Crippen molar-refractivity contribution in [3.63, 3.8) is 0 Å². The number of aromatic nitrogens is 1. The molecule has 2 N–H and O–H groups in total. The topological polar surface area (TPSA) is 37.0 Å². The number of aryl methyl sites for hydroxylation is 2. The minimum atomic E-state index is 0.236. The molecule has 0 amide bonds. The van der Waals surface area contributed by atoms with E-state index in [1.54, 1.807) is 11.3 Å². The minimum Gasteiger partial charge on any atom is -0.360 e. The van der Waals surface area contributed by atoms with Crippen molar-refractivity contribution in [2.45, 2.75) is 58.5 Å². The van der Waals surface area contributed by atoms with Crippen molar-refractivity contribution < 1.29 is 0 Å². The first-order valence-corrected chi connectivity index (χ1v) is 8.76. The van der Waals surface area contributed by atoms with Gasteiger partial charge in [-0.05, 0) is 64.1 Å². The third-order valence-corrected chi connectivity index (χ3v) is 6.23. The first kappa shape index (κ1) is 14.3. The fraction of sp³-hybridized carbons (Fsp3) is 0.733. The third kappa shape index (κ3) is 2.84. The van der Waals surface area contributed by atoms with Gasteiger partial charge in [-0.1, -0.05) is 6.42 Å². The molecule has 2 bridgehead atoms. The van der Waals surface area contributed by atoms with Crippen LogP contribution in [0.1, 0.15) is 54.2 Å². The molecule has 2 fully saturated rings. The van der Waals surface area contributed by atoms with Crippen LogP contribution in [0.3, 0.4) is 0 Å². The highest BCUT2D eigenvalue weighted by Gasteiger charge is 2.39. The molecule has 0 aliphatic heterocycles. The zero-order valence-corrected chi connectivity index (χ0v) is 14.0. The van der Waals surface area contributed by atoms with Crippen LogP contribution >= 0.6 is 23.6 Å². The van der Waals surface area contributed by atoms with Crippen molar-refractivity contribution in [1.82, 2.24) is 15.6 Å². The van der Waals surface area contributed by atoms with Gasteiger partial charge in [0.1, 0.15) is 0 Å². The smallest absolute Gasteiger partial charge is 0.167 e. The van der Waals surface area contributed by atoms with Gasteiger partial charge in [0.25, 0.3) is 0 Å². The highest BCUT2D eigenvalue weighted by Crippen LogP contribution is 2.44. The summed E-state index contributed by atoms with van der Waals surface area (Å²) >= 11 is 7.25. The van der Waals surface area contributed by atoms with Crippen LogP contribution in [0, 0.1) is 25.7 Å². The Kier molecular flexibility index (Phi) is 4.00. The van der Waals surface area contributed by atoms with Gasteiger partial charge in [-0.15, -0.1) is 11.3 Å². The van der Waals surface area contributed by atoms with Gasteiger partial charge >= 0.3 is 0 Å². The van der Waals surface area contributed by atoms with Crippen molar-refractivity contribution >= 4 is 28.7 Å². The minimum absolute atomic E-state index is 0.236. The molecule has 5 heteroatoms. The average molecular weight is 310 g/mol. The number of rotatable bonds is 3. The molecular weight excluding hydrogens is 286 g/mol. The summed E-state index contributed by atoms with van der Waals surface area (Å²) in [6.07, 6.45) is 5.52. The fourth-order valence-corrected chi connectivity index (χ4v) is 5.10. The van der Waals surface area contributed by atoms with Crippen LogP contribution in [0.5, 0.6) is 0 Å². The molecule has 0 spiro atoms. The summed E-state index contributed by atoms with van der Waals surface area (Å²) in [7, 11) is 0. The van der Waals surface area contributed by atoms with Gasteiger partial charge in [-0.3, -0.25) is 0 Å². The second-order valence-electron chi connectivity index (χ2n) is 6.30. The molecule has 3 nitrogen and oxygen atoms in total. The van der Waals surface area contributed by atoms with Crippen LogP contribution in [0.25, 0.3) is 0 Å². The molecule has 1 aromatic rings. The van der Waals surface area contributed by atoms with Gasteiger partial charge in [0, 0.05) is 10.9 Å². The second kappa shape index (κ2) is 5.60. The number of thiazole rings is 1. The lowest BCUT2D eigenvalue weighted by atomic mass is 9.95. The Hall–Kier alpha value is -0.680. The molecule has 110 valence electrons. The summed E-state index contributed by atoms with van der Waals surface area (Å²) in [5.41, 5.74) is 1.12. The maximum Gasteiger partial charge on any atom is 0.167 e. The van der Waals surface area contributed by atoms with Crippen molar-refractivity contribution in [3.8, 4) is 0 Å². The number of hydrogen-bond acceptors (Lipinski definition) is 3. The van der Waals surface area contributed by atoms with Crippen LogP contribution in [0.15, 0.2) is 0 Å². The largest absolute Gasteiger partial charge is 0.360 e. The molecule has 1 aromatic heterocycles. The van der Waals surface area contributed by atoms with Gasteiger partial charge in [-0.25, -0.2) is 4.98 Å². The van der Waals surface area contributed by atoms with Crippen molar-refractivity contribution in [2.24, 2.45) is 11.8 Å². The summed E-state index contributed by atoms with van der Waals surface area (Å²) in [5, 5.41) is 8.90. The number of hydrogen-bond donors (Lipinski definition) is 2. The molecule has 4 atom stereocenters. The Morgan fingerprint density at radius 3 is 2.70 bits per heavy atom. The molecule has 0 aromatic carbocycles. The van der Waals surface area contributed by atoms with E-state index in [2.05, 4.69) is 36.4 Å². The monoisotopic (exact) mass is 309 g/mol. The van der Waals surface area contributed by atoms with Crippen molar-refractivity contribution in [2.75, 3.05) is 0 Å². The van der Waals surface area contributed by atoms with E-state index in [1.807, 2.05) is 0 Å². The fourth-order valence-electron chi connectivity index (χ4n) is 3.84. The lowest BCUT2D eigenvalue weighted by Gasteiger charge is -2.26. The average Bonchev–Trinajstić information content (AvgIpc) is 3.04. The Labute approximate surface area is 130 Å². The first-order valence-electron chi connectivity index (χ1n) is 7.54. The molecule has 4 unspecified atom stereocenters. The van der Waals surface area contributed by atoms with E-state index >= 15 is 0 Å². The van der Waals surface area contributed by atoms with Crippen LogP contribution < -0.4 is 10.6 Å². The summed E-state index contributed by atoms with van der Waals surface area (Å²) in [5.74, 6) is 1.80. The van der Waals surface area contributed by atoms with Crippen molar-refractivity contribution in [1.29, 1.82) is 0 Å². The zero-order chi connectivity index (χ0) is 14.3. The van der Waals surface area contributed by atoms with Crippen LogP contribution in [-0.2, 0) is 0 Å². The molecule has 2 aliphatic rings. The van der Waals surface area contributed by atoms with Gasteiger partial charge in [0.15, 0.2) is 5.11 Å². The Morgan fingerprint density at radius 2 is 2.15 bits per heavy atom. The van der Waals surface area contributed by atoms with E-state index in [4.69, 9.17) is 12.2 Å². The molecule has 2 aliphatic carbocycles. The zero-order valence-electron chi connectivity index (χ0n) is 12.4. The summed E-state index contributed by atoms with van der Waals surface area (Å²) in [4.78, 5) is 5.78. The maximum atomic E-state index is 5.49. The molecule has 20 heavy (non-hydrogen) atoms. The first-order chi connectivity index (χ1) is 9.52. The molecule has 2 saturated carbocycles. The highest BCUT2D eigenvalue weighted by molar-refractivity contribution is 7.80. The molecule has 1 heterocycles. The number of fused-ring (bicyclic) bond motifs is 2. The van der Waals surface area contributed by atoms with Crippen LogP contribution in [0.4, 0.5) is 0 Å². The van der Waals surface area contributed by atoms with Crippen LogP contribution in [-0.4, -0.2) is 16.1 Å². The number of nitrogens with zero attached hydrogens (tertiary/aromatic N) is 1. The van der Waals surface area contributed by atoms with E-state index in [-0.39, 0.29) is 6.04 Å². The number of nitrogens with one attached hydrogen (secondary N) is 2. The molecule has 0 saturated heterocycles. The Bertz CT molecular complexity index is 511. The van der Waals surface area contributed by atoms with E-state index < -0.39 is 0 Å². The summed E-state index contributed by atoms with van der Waals surface area (Å²) in [6.45, 7) is 6.29. The molecule has 3 rings (SSSR count). The van der Waals surface area contributed by atoms with Gasteiger partial charge < -0.3 is 10.6 Å².